The average molecular weight is 473 g/mol. The molecule has 1 aliphatic carbocycles. The van der Waals surface area contributed by atoms with Gasteiger partial charge in [0.15, 0.2) is 0 Å². The Morgan fingerprint density at radius 2 is 1.86 bits per heavy atom. The lowest BCUT2D eigenvalue weighted by molar-refractivity contribution is 0.332. The molecule has 2 aliphatic rings. The Hall–Kier alpha value is -3.12. The molecule has 1 aromatic heterocycles. The van der Waals surface area contributed by atoms with Gasteiger partial charge in [0.1, 0.15) is 11.5 Å². The predicted octanol–water partition coefficient (Wildman–Crippen LogP) is 5.77. The quantitative estimate of drug-likeness (QED) is 0.449. The number of methoxy groups -OCH3 is 2. The van der Waals surface area contributed by atoms with Gasteiger partial charge in [-0.15, -0.1) is 0 Å². The van der Waals surface area contributed by atoms with Gasteiger partial charge in [-0.3, -0.25) is 0 Å². The van der Waals surface area contributed by atoms with Crippen molar-refractivity contribution in [1.82, 2.24) is 14.9 Å². The number of nitrogens with zero attached hydrogens (tertiary/aromatic N) is 3. The molecule has 1 N–H and O–H groups in total. The SMILES string of the molecule is COc1ccc2c(c1)-c1nc(Nc3ccc(CCCN4CCCC4)c(OC)c3)ncc1CC2(C)C. The molecule has 0 amide bonds. The summed E-state index contributed by atoms with van der Waals surface area (Å²) < 4.78 is 11.2. The Labute approximate surface area is 208 Å². The first-order valence-corrected chi connectivity index (χ1v) is 12.7. The molecule has 0 atom stereocenters. The number of likely N-dealkylation sites (tertiary alicyclic amines) is 1. The first kappa shape index (κ1) is 23.6. The van der Waals surface area contributed by atoms with Crippen LogP contribution in [0.15, 0.2) is 42.6 Å². The van der Waals surface area contributed by atoms with E-state index >= 15 is 0 Å². The smallest absolute Gasteiger partial charge is 0.227 e. The number of aryl methyl sites for hydroxylation is 1. The third-order valence-electron chi connectivity index (χ3n) is 7.37. The van der Waals surface area contributed by atoms with Crippen molar-refractivity contribution in [1.29, 1.82) is 0 Å². The molecule has 0 spiro atoms. The molecule has 35 heavy (non-hydrogen) atoms. The second kappa shape index (κ2) is 9.86. The van der Waals surface area contributed by atoms with Crippen LogP contribution in [0.3, 0.4) is 0 Å². The average Bonchev–Trinajstić information content (AvgIpc) is 3.38. The fraction of sp³-hybridized carbons (Fsp3) is 0.448. The van der Waals surface area contributed by atoms with E-state index in [1.807, 2.05) is 18.3 Å². The van der Waals surface area contributed by atoms with Crippen molar-refractivity contribution in [2.45, 2.75) is 51.4 Å². The van der Waals surface area contributed by atoms with Gasteiger partial charge in [0, 0.05) is 23.5 Å². The lowest BCUT2D eigenvalue weighted by Crippen LogP contribution is -2.26. The largest absolute Gasteiger partial charge is 0.497 e. The van der Waals surface area contributed by atoms with E-state index in [1.54, 1.807) is 14.2 Å². The molecular weight excluding hydrogens is 436 g/mol. The van der Waals surface area contributed by atoms with Gasteiger partial charge in [0.05, 0.1) is 19.9 Å². The Morgan fingerprint density at radius 3 is 2.63 bits per heavy atom. The predicted molar refractivity (Wildman–Crippen MR) is 141 cm³/mol. The molecule has 2 heterocycles. The second-order valence-corrected chi connectivity index (χ2v) is 10.3. The molecule has 184 valence electrons. The number of benzene rings is 2. The minimum atomic E-state index is 0.0187. The van der Waals surface area contributed by atoms with Crippen LogP contribution in [0.1, 0.15) is 49.8 Å². The standard InChI is InChI=1S/C29H36N4O2/c1-29(2)18-21-19-30-28(32-27(21)24-17-23(34-3)11-12-25(24)29)31-22-10-9-20(26(16-22)35-4)8-7-15-33-13-5-6-14-33/h9-12,16-17,19H,5-8,13-15,18H2,1-4H3,(H,30,31,32). The summed E-state index contributed by atoms with van der Waals surface area (Å²) in [5, 5.41) is 3.40. The van der Waals surface area contributed by atoms with Crippen LogP contribution in [-0.2, 0) is 18.3 Å². The summed E-state index contributed by atoms with van der Waals surface area (Å²) in [6.45, 7) is 8.19. The number of ether oxygens (including phenoxy) is 2. The molecule has 0 unspecified atom stereocenters. The minimum Gasteiger partial charge on any atom is -0.497 e. The molecule has 0 saturated carbocycles. The van der Waals surface area contributed by atoms with Crippen LogP contribution in [0.2, 0.25) is 0 Å². The van der Waals surface area contributed by atoms with Crippen molar-refractivity contribution in [3.05, 3.63) is 59.3 Å². The van der Waals surface area contributed by atoms with Crippen molar-refractivity contribution in [3.63, 3.8) is 0 Å². The van der Waals surface area contributed by atoms with E-state index in [0.717, 1.165) is 59.8 Å². The highest BCUT2D eigenvalue weighted by Gasteiger charge is 2.32. The Morgan fingerprint density at radius 1 is 1.03 bits per heavy atom. The molecule has 1 saturated heterocycles. The first-order valence-electron chi connectivity index (χ1n) is 12.7. The summed E-state index contributed by atoms with van der Waals surface area (Å²) in [5.41, 5.74) is 6.72. The van der Waals surface area contributed by atoms with Gasteiger partial charge in [0.25, 0.3) is 0 Å². The zero-order valence-electron chi connectivity index (χ0n) is 21.4. The molecule has 6 nitrogen and oxygen atoms in total. The zero-order valence-corrected chi connectivity index (χ0v) is 21.4. The van der Waals surface area contributed by atoms with Crippen LogP contribution in [0.4, 0.5) is 11.6 Å². The van der Waals surface area contributed by atoms with E-state index in [2.05, 4.69) is 53.3 Å². The maximum Gasteiger partial charge on any atom is 0.227 e. The van der Waals surface area contributed by atoms with Crippen molar-refractivity contribution in [2.75, 3.05) is 39.2 Å². The molecular formula is C29H36N4O2. The highest BCUT2D eigenvalue weighted by molar-refractivity contribution is 5.74. The number of rotatable bonds is 8. The van der Waals surface area contributed by atoms with Crippen LogP contribution in [0, 0.1) is 0 Å². The van der Waals surface area contributed by atoms with Gasteiger partial charge in [0.2, 0.25) is 5.95 Å². The van der Waals surface area contributed by atoms with Crippen LogP contribution in [0.25, 0.3) is 11.3 Å². The lowest BCUT2D eigenvalue weighted by Gasteiger charge is -2.33. The maximum absolute atomic E-state index is 5.72. The minimum absolute atomic E-state index is 0.0187. The fourth-order valence-electron chi connectivity index (χ4n) is 5.49. The lowest BCUT2D eigenvalue weighted by atomic mass is 9.72. The summed E-state index contributed by atoms with van der Waals surface area (Å²) in [4.78, 5) is 12.1. The van der Waals surface area contributed by atoms with E-state index in [9.17, 15) is 0 Å². The van der Waals surface area contributed by atoms with Crippen LogP contribution in [-0.4, -0.2) is 48.7 Å². The summed E-state index contributed by atoms with van der Waals surface area (Å²) in [6.07, 6.45) is 7.71. The van der Waals surface area contributed by atoms with Crippen molar-refractivity contribution in [2.24, 2.45) is 0 Å². The summed E-state index contributed by atoms with van der Waals surface area (Å²) in [6, 6.07) is 12.6. The van der Waals surface area contributed by atoms with Crippen molar-refractivity contribution < 1.29 is 9.47 Å². The summed E-state index contributed by atoms with van der Waals surface area (Å²) in [5.74, 6) is 2.33. The maximum atomic E-state index is 5.72. The third-order valence-corrected chi connectivity index (χ3v) is 7.37. The van der Waals surface area contributed by atoms with Gasteiger partial charge in [-0.2, -0.15) is 0 Å². The molecule has 0 radical (unpaired) electrons. The van der Waals surface area contributed by atoms with E-state index in [-0.39, 0.29) is 5.41 Å². The second-order valence-electron chi connectivity index (χ2n) is 10.3. The highest BCUT2D eigenvalue weighted by Crippen LogP contribution is 2.43. The van der Waals surface area contributed by atoms with Gasteiger partial charge in [-0.05, 0) is 92.0 Å². The number of hydrogen-bond donors (Lipinski definition) is 1. The molecule has 1 aliphatic heterocycles. The van der Waals surface area contributed by atoms with Gasteiger partial charge in [-0.25, -0.2) is 9.97 Å². The van der Waals surface area contributed by atoms with Gasteiger partial charge in [-0.1, -0.05) is 26.0 Å². The van der Waals surface area contributed by atoms with Gasteiger partial charge >= 0.3 is 0 Å². The number of nitrogens with one attached hydrogen (secondary N) is 1. The number of aromatic nitrogens is 2. The highest BCUT2D eigenvalue weighted by atomic mass is 16.5. The monoisotopic (exact) mass is 472 g/mol. The molecule has 3 aromatic rings. The summed E-state index contributed by atoms with van der Waals surface area (Å²) >= 11 is 0. The van der Waals surface area contributed by atoms with Gasteiger partial charge < -0.3 is 19.7 Å². The number of hydrogen-bond acceptors (Lipinski definition) is 6. The third kappa shape index (κ3) is 4.98. The number of fused-ring (bicyclic) bond motifs is 3. The Bertz CT molecular complexity index is 1200. The Kier molecular flexibility index (Phi) is 6.65. The van der Waals surface area contributed by atoms with E-state index in [4.69, 9.17) is 14.5 Å². The first-order chi connectivity index (χ1) is 17.0. The van der Waals surface area contributed by atoms with E-state index in [0.29, 0.717) is 5.95 Å². The molecule has 1 fully saturated rings. The molecule has 5 rings (SSSR count). The van der Waals surface area contributed by atoms with Crippen LogP contribution < -0.4 is 14.8 Å². The van der Waals surface area contributed by atoms with E-state index < -0.39 is 0 Å². The Balaban J connectivity index is 1.35. The van der Waals surface area contributed by atoms with Crippen LogP contribution >= 0.6 is 0 Å². The number of anilines is 2. The molecule has 0 bridgehead atoms. The zero-order chi connectivity index (χ0) is 24.4. The van der Waals surface area contributed by atoms with Crippen molar-refractivity contribution >= 4 is 11.6 Å². The molecule has 6 heteroatoms. The van der Waals surface area contributed by atoms with E-state index in [1.165, 1.54) is 37.1 Å². The summed E-state index contributed by atoms with van der Waals surface area (Å²) in [7, 11) is 3.44. The topological polar surface area (TPSA) is 59.5 Å². The van der Waals surface area contributed by atoms with Crippen LogP contribution in [0.5, 0.6) is 11.5 Å². The normalized spacial score (nSPS) is 16.5. The fourth-order valence-corrected chi connectivity index (χ4v) is 5.49. The van der Waals surface area contributed by atoms with Crippen molar-refractivity contribution in [3.8, 4) is 22.8 Å². The molecule has 2 aromatic carbocycles.